The molecule has 5 rings (SSSR count). The van der Waals surface area contributed by atoms with Gasteiger partial charge in [0, 0.05) is 47.2 Å². The Morgan fingerprint density at radius 2 is 2.03 bits per heavy atom. The summed E-state index contributed by atoms with van der Waals surface area (Å²) in [5.41, 5.74) is 5.66. The summed E-state index contributed by atoms with van der Waals surface area (Å²) in [5.74, 6) is -0.128. The number of benzene rings is 1. The molecule has 0 aliphatic carbocycles. The van der Waals surface area contributed by atoms with Crippen LogP contribution in [-0.2, 0) is 18.3 Å². The van der Waals surface area contributed by atoms with Crippen LogP contribution in [-0.4, -0.2) is 26.6 Å². The topological polar surface area (TPSA) is 88.9 Å². The predicted molar refractivity (Wildman–Crippen MR) is 119 cm³/mol. The van der Waals surface area contributed by atoms with E-state index in [0.29, 0.717) is 16.4 Å². The van der Waals surface area contributed by atoms with Crippen LogP contribution in [0.5, 0.6) is 0 Å². The molecule has 150 valence electrons. The van der Waals surface area contributed by atoms with Gasteiger partial charge >= 0.3 is 0 Å². The molecule has 0 fully saturated rings. The first-order chi connectivity index (χ1) is 14.6. The SMILES string of the molecule is Cn1nccc1-c1csc(C(=O)Nc2nc(-c3ccc4c(c3)CCC(=O)N4)cs2)c1. The van der Waals surface area contributed by atoms with E-state index < -0.39 is 0 Å². The van der Waals surface area contributed by atoms with E-state index in [4.69, 9.17) is 0 Å². The van der Waals surface area contributed by atoms with Crippen molar-refractivity contribution in [3.05, 3.63) is 57.7 Å². The fourth-order valence-electron chi connectivity index (χ4n) is 3.41. The Hall–Kier alpha value is -3.30. The minimum atomic E-state index is -0.178. The Morgan fingerprint density at radius 3 is 2.87 bits per heavy atom. The van der Waals surface area contributed by atoms with Gasteiger partial charge in [0.05, 0.1) is 16.3 Å². The summed E-state index contributed by atoms with van der Waals surface area (Å²) in [6, 6.07) is 9.68. The number of carbonyl (C=O) groups excluding carboxylic acids is 2. The van der Waals surface area contributed by atoms with Crippen molar-refractivity contribution in [1.29, 1.82) is 0 Å². The Kier molecular flexibility index (Phi) is 4.68. The average molecular weight is 436 g/mol. The number of rotatable bonds is 4. The highest BCUT2D eigenvalue weighted by molar-refractivity contribution is 7.15. The number of fused-ring (bicyclic) bond motifs is 1. The van der Waals surface area contributed by atoms with E-state index in [1.54, 1.807) is 10.9 Å². The lowest BCUT2D eigenvalue weighted by Crippen LogP contribution is -2.18. The quantitative estimate of drug-likeness (QED) is 0.497. The molecule has 2 amide bonds. The van der Waals surface area contributed by atoms with Crippen molar-refractivity contribution < 1.29 is 9.59 Å². The van der Waals surface area contributed by atoms with Gasteiger partial charge in [-0.3, -0.25) is 19.6 Å². The second kappa shape index (κ2) is 7.51. The highest BCUT2D eigenvalue weighted by atomic mass is 32.1. The summed E-state index contributed by atoms with van der Waals surface area (Å²) in [6.45, 7) is 0. The minimum absolute atomic E-state index is 0.0500. The number of anilines is 2. The Labute approximate surface area is 180 Å². The molecule has 0 saturated carbocycles. The second-order valence-corrected chi connectivity index (χ2v) is 8.72. The third kappa shape index (κ3) is 3.53. The molecule has 1 aromatic carbocycles. The molecule has 3 aromatic heterocycles. The van der Waals surface area contributed by atoms with E-state index in [0.717, 1.165) is 40.2 Å². The van der Waals surface area contributed by atoms with Crippen molar-refractivity contribution in [3.63, 3.8) is 0 Å². The van der Waals surface area contributed by atoms with Gasteiger partial charge in [0.15, 0.2) is 5.13 Å². The second-order valence-electron chi connectivity index (χ2n) is 6.95. The first kappa shape index (κ1) is 18.7. The molecule has 0 atom stereocenters. The highest BCUT2D eigenvalue weighted by Crippen LogP contribution is 2.31. The van der Waals surface area contributed by atoms with E-state index in [-0.39, 0.29) is 11.8 Å². The van der Waals surface area contributed by atoms with Crippen LogP contribution >= 0.6 is 22.7 Å². The minimum Gasteiger partial charge on any atom is -0.326 e. The molecule has 7 nitrogen and oxygen atoms in total. The van der Waals surface area contributed by atoms with Crippen LogP contribution < -0.4 is 10.6 Å². The van der Waals surface area contributed by atoms with E-state index in [2.05, 4.69) is 26.8 Å². The fourth-order valence-corrected chi connectivity index (χ4v) is 4.92. The zero-order chi connectivity index (χ0) is 20.7. The van der Waals surface area contributed by atoms with Crippen LogP contribution in [0.25, 0.3) is 22.5 Å². The van der Waals surface area contributed by atoms with Gasteiger partial charge in [-0.25, -0.2) is 4.98 Å². The lowest BCUT2D eigenvalue weighted by molar-refractivity contribution is -0.116. The monoisotopic (exact) mass is 435 g/mol. The van der Waals surface area contributed by atoms with Crippen LogP contribution in [0.15, 0.2) is 47.3 Å². The number of nitrogens with zero attached hydrogens (tertiary/aromatic N) is 3. The number of hydrogen-bond acceptors (Lipinski definition) is 6. The Bertz CT molecular complexity index is 1270. The summed E-state index contributed by atoms with van der Waals surface area (Å²) < 4.78 is 1.78. The molecule has 9 heteroatoms. The number of thiazole rings is 1. The molecule has 0 saturated heterocycles. The van der Waals surface area contributed by atoms with Gasteiger partial charge in [0.2, 0.25) is 5.91 Å². The number of aryl methyl sites for hydroxylation is 2. The lowest BCUT2D eigenvalue weighted by Gasteiger charge is -2.17. The first-order valence-corrected chi connectivity index (χ1v) is 11.1. The first-order valence-electron chi connectivity index (χ1n) is 9.34. The molecule has 0 radical (unpaired) electrons. The summed E-state index contributed by atoms with van der Waals surface area (Å²) in [6.07, 6.45) is 2.95. The number of carbonyl (C=O) groups is 2. The maximum Gasteiger partial charge on any atom is 0.267 e. The van der Waals surface area contributed by atoms with Gasteiger partial charge in [-0.15, -0.1) is 22.7 Å². The van der Waals surface area contributed by atoms with Crippen LogP contribution in [0.4, 0.5) is 10.8 Å². The number of amides is 2. The van der Waals surface area contributed by atoms with Crippen molar-refractivity contribution in [2.75, 3.05) is 10.6 Å². The van der Waals surface area contributed by atoms with Crippen molar-refractivity contribution in [3.8, 4) is 22.5 Å². The van der Waals surface area contributed by atoms with Gasteiger partial charge in [-0.1, -0.05) is 6.07 Å². The standard InChI is InChI=1S/C21H17N5O2S2/c1-26-17(6-7-22-26)14-9-18(29-10-14)20(28)25-21-24-16(11-30-21)13-2-4-15-12(8-13)3-5-19(27)23-15/h2,4,6-11H,3,5H2,1H3,(H,23,27)(H,24,25,28). The molecular formula is C21H17N5O2S2. The number of hydrogen-bond donors (Lipinski definition) is 2. The molecule has 0 bridgehead atoms. The van der Waals surface area contributed by atoms with Crippen molar-refractivity contribution in [1.82, 2.24) is 14.8 Å². The normalized spacial score (nSPS) is 13.0. The van der Waals surface area contributed by atoms with Gasteiger partial charge in [-0.2, -0.15) is 5.10 Å². The third-order valence-corrected chi connectivity index (χ3v) is 6.65. The van der Waals surface area contributed by atoms with E-state index >= 15 is 0 Å². The van der Waals surface area contributed by atoms with Crippen LogP contribution in [0, 0.1) is 0 Å². The summed E-state index contributed by atoms with van der Waals surface area (Å²) >= 11 is 2.78. The average Bonchev–Trinajstić information content (AvgIpc) is 3.48. The Morgan fingerprint density at radius 1 is 1.13 bits per heavy atom. The molecule has 4 heterocycles. The molecule has 1 aliphatic rings. The number of aromatic nitrogens is 3. The largest absolute Gasteiger partial charge is 0.326 e. The summed E-state index contributed by atoms with van der Waals surface area (Å²) in [5, 5.41) is 14.4. The number of nitrogens with one attached hydrogen (secondary N) is 2. The molecule has 1 aliphatic heterocycles. The smallest absolute Gasteiger partial charge is 0.267 e. The fraction of sp³-hybridized carbons (Fsp3) is 0.143. The highest BCUT2D eigenvalue weighted by Gasteiger charge is 2.17. The third-order valence-electron chi connectivity index (χ3n) is 4.96. The van der Waals surface area contributed by atoms with Crippen molar-refractivity contribution in [2.24, 2.45) is 7.05 Å². The number of thiophene rings is 1. The van der Waals surface area contributed by atoms with E-state index in [9.17, 15) is 9.59 Å². The maximum absolute atomic E-state index is 12.7. The summed E-state index contributed by atoms with van der Waals surface area (Å²) in [4.78, 5) is 29.4. The van der Waals surface area contributed by atoms with E-state index in [1.165, 1.54) is 22.7 Å². The molecule has 2 N–H and O–H groups in total. The molecular weight excluding hydrogens is 418 g/mol. The van der Waals surface area contributed by atoms with Crippen LogP contribution in [0.3, 0.4) is 0 Å². The van der Waals surface area contributed by atoms with Gasteiger partial charge in [-0.05, 0) is 36.2 Å². The van der Waals surface area contributed by atoms with Crippen LogP contribution in [0.2, 0.25) is 0 Å². The zero-order valence-electron chi connectivity index (χ0n) is 16.0. The van der Waals surface area contributed by atoms with Gasteiger partial charge in [0.1, 0.15) is 0 Å². The molecule has 0 unspecified atom stereocenters. The lowest BCUT2D eigenvalue weighted by atomic mass is 9.99. The maximum atomic E-state index is 12.7. The van der Waals surface area contributed by atoms with Crippen molar-refractivity contribution in [2.45, 2.75) is 12.8 Å². The molecule has 4 aromatic rings. The molecule has 0 spiro atoms. The zero-order valence-corrected chi connectivity index (χ0v) is 17.6. The summed E-state index contributed by atoms with van der Waals surface area (Å²) in [7, 11) is 1.87. The van der Waals surface area contributed by atoms with Gasteiger partial charge in [0.25, 0.3) is 5.91 Å². The van der Waals surface area contributed by atoms with E-state index in [1.807, 2.05) is 42.1 Å². The molecule has 30 heavy (non-hydrogen) atoms. The van der Waals surface area contributed by atoms with Gasteiger partial charge < -0.3 is 5.32 Å². The van der Waals surface area contributed by atoms with Crippen molar-refractivity contribution >= 4 is 45.3 Å². The van der Waals surface area contributed by atoms with Crippen LogP contribution in [0.1, 0.15) is 21.7 Å². The Balaban J connectivity index is 1.32. The predicted octanol–water partition coefficient (Wildman–Crippen LogP) is 4.41.